The minimum Gasteiger partial charge on any atom is -0.481 e. The van der Waals surface area contributed by atoms with Gasteiger partial charge in [-0.3, -0.25) is 19.1 Å². The highest BCUT2D eigenvalue weighted by Crippen LogP contribution is 2.48. The topological polar surface area (TPSA) is 124 Å². The van der Waals surface area contributed by atoms with Gasteiger partial charge in [0, 0.05) is 13.1 Å². The van der Waals surface area contributed by atoms with Gasteiger partial charge in [-0.1, -0.05) is 0 Å². The van der Waals surface area contributed by atoms with Crippen LogP contribution in [0.5, 0.6) is 0 Å². The van der Waals surface area contributed by atoms with E-state index in [1.165, 1.54) is 0 Å². The second-order valence-electron chi connectivity index (χ2n) is 4.08. The van der Waals surface area contributed by atoms with Gasteiger partial charge in [-0.05, 0) is 0 Å². The van der Waals surface area contributed by atoms with E-state index in [0.717, 1.165) is 0 Å². The largest absolute Gasteiger partial charge is 0.481 e. The molecule has 1 fully saturated rings. The lowest BCUT2D eigenvalue weighted by molar-refractivity contribution is -0.143. The highest BCUT2D eigenvalue weighted by atomic mass is 31.2. The van der Waals surface area contributed by atoms with Crippen LogP contribution in [0.4, 0.5) is 0 Å². The summed E-state index contributed by atoms with van der Waals surface area (Å²) in [6, 6.07) is 0. The van der Waals surface area contributed by atoms with Crippen molar-refractivity contribution in [1.29, 1.82) is 0 Å². The normalized spacial score (nSPS) is 22.1. The number of ether oxygens (including phenoxy) is 1. The van der Waals surface area contributed by atoms with Crippen molar-refractivity contribution >= 4 is 19.3 Å². The predicted octanol–water partition coefficient (Wildman–Crippen LogP) is -0.526. The third kappa shape index (κ3) is 4.38. The molecule has 104 valence electrons. The minimum absolute atomic E-state index is 0.319. The number of aliphatic carboxylic acids is 2. The van der Waals surface area contributed by atoms with Crippen LogP contribution in [0.15, 0.2) is 0 Å². The van der Waals surface area contributed by atoms with Crippen LogP contribution in [0.1, 0.15) is 6.42 Å². The lowest BCUT2D eigenvalue weighted by atomic mass is 10.3. The molecular formula is C9H16NO7P. The van der Waals surface area contributed by atoms with Crippen molar-refractivity contribution in [3.05, 3.63) is 0 Å². The summed E-state index contributed by atoms with van der Waals surface area (Å²) in [4.78, 5) is 32.8. The number of hydrogen-bond acceptors (Lipinski definition) is 5. The molecule has 2 unspecified atom stereocenters. The van der Waals surface area contributed by atoms with Crippen molar-refractivity contribution in [2.45, 2.75) is 12.1 Å². The number of hydrogen-bond donors (Lipinski definition) is 3. The van der Waals surface area contributed by atoms with Crippen LogP contribution in [0, 0.1) is 0 Å². The smallest absolute Gasteiger partial charge is 0.316 e. The first-order valence-corrected chi connectivity index (χ1v) is 7.30. The fourth-order valence-corrected chi connectivity index (χ4v) is 3.54. The Balaban J connectivity index is 2.70. The fourth-order valence-electron chi connectivity index (χ4n) is 1.70. The molecule has 0 aliphatic carbocycles. The van der Waals surface area contributed by atoms with Gasteiger partial charge < -0.3 is 19.8 Å². The lowest BCUT2D eigenvalue weighted by Gasteiger charge is -2.29. The van der Waals surface area contributed by atoms with Crippen LogP contribution in [0.2, 0.25) is 0 Å². The van der Waals surface area contributed by atoms with Crippen molar-refractivity contribution in [3.63, 3.8) is 0 Å². The van der Waals surface area contributed by atoms with Crippen LogP contribution in [0.25, 0.3) is 0 Å². The molecule has 0 bridgehead atoms. The molecule has 1 heterocycles. The molecule has 0 amide bonds. The molecule has 2 atom stereocenters. The third-order valence-electron chi connectivity index (χ3n) is 2.65. The zero-order valence-corrected chi connectivity index (χ0v) is 10.6. The average Bonchev–Trinajstić information content (AvgIpc) is 2.26. The molecule has 0 radical (unpaired) electrons. The maximum absolute atomic E-state index is 12.0. The van der Waals surface area contributed by atoms with E-state index in [9.17, 15) is 19.0 Å². The van der Waals surface area contributed by atoms with Crippen LogP contribution in [0.3, 0.4) is 0 Å². The quantitative estimate of drug-likeness (QED) is 0.555. The Labute approximate surface area is 104 Å². The molecule has 1 aliphatic heterocycles. The molecule has 0 aromatic heterocycles. The third-order valence-corrected chi connectivity index (χ3v) is 4.83. The van der Waals surface area contributed by atoms with E-state index in [1.807, 2.05) is 0 Å². The molecule has 1 aliphatic rings. The Morgan fingerprint density at radius 1 is 1.28 bits per heavy atom. The van der Waals surface area contributed by atoms with E-state index in [-0.39, 0.29) is 6.29 Å². The van der Waals surface area contributed by atoms with Crippen LogP contribution >= 0.6 is 7.37 Å². The predicted molar refractivity (Wildman–Crippen MR) is 60.8 cm³/mol. The van der Waals surface area contributed by atoms with Gasteiger partial charge in [-0.15, -0.1) is 0 Å². The van der Waals surface area contributed by atoms with E-state index in [4.69, 9.17) is 14.9 Å². The van der Waals surface area contributed by atoms with Gasteiger partial charge >= 0.3 is 11.9 Å². The van der Waals surface area contributed by atoms with Gasteiger partial charge in [0.1, 0.15) is 5.66 Å². The second-order valence-corrected chi connectivity index (χ2v) is 6.50. The van der Waals surface area contributed by atoms with Crippen molar-refractivity contribution in [2.75, 3.05) is 32.6 Å². The fraction of sp³-hybridized carbons (Fsp3) is 0.778. The summed E-state index contributed by atoms with van der Waals surface area (Å²) in [6.45, 7) is 1.70. The van der Waals surface area contributed by atoms with E-state index in [0.29, 0.717) is 26.3 Å². The summed E-state index contributed by atoms with van der Waals surface area (Å²) in [5.74, 6) is -2.96. The summed E-state index contributed by atoms with van der Waals surface area (Å²) >= 11 is 0. The Hall–Kier alpha value is -0.950. The number of nitrogens with zero attached hydrogens (tertiary/aromatic N) is 1. The SMILES string of the molecule is O=C(O)CC(C(=O)O)P(=O)(O)CN1CCOCC1. The highest BCUT2D eigenvalue weighted by Gasteiger charge is 2.40. The number of carboxylic acid groups (broad SMARTS) is 2. The summed E-state index contributed by atoms with van der Waals surface area (Å²) in [7, 11) is -4.09. The molecule has 8 nitrogen and oxygen atoms in total. The van der Waals surface area contributed by atoms with Gasteiger partial charge in [-0.25, -0.2) is 0 Å². The van der Waals surface area contributed by atoms with Crippen LogP contribution in [-0.2, 0) is 18.9 Å². The van der Waals surface area contributed by atoms with Crippen molar-refractivity contribution in [2.24, 2.45) is 0 Å². The maximum atomic E-state index is 12.0. The number of carbonyl (C=O) groups is 2. The van der Waals surface area contributed by atoms with Gasteiger partial charge in [0.25, 0.3) is 0 Å². The first-order chi connectivity index (χ1) is 8.33. The zero-order valence-electron chi connectivity index (χ0n) is 9.69. The Morgan fingerprint density at radius 2 is 1.83 bits per heavy atom. The molecular weight excluding hydrogens is 265 g/mol. The number of carboxylic acids is 2. The maximum Gasteiger partial charge on any atom is 0.316 e. The van der Waals surface area contributed by atoms with Gasteiger partial charge in [0.05, 0.1) is 25.9 Å². The molecule has 18 heavy (non-hydrogen) atoms. The van der Waals surface area contributed by atoms with Crippen molar-refractivity contribution in [1.82, 2.24) is 4.90 Å². The first kappa shape index (κ1) is 15.1. The summed E-state index contributed by atoms with van der Waals surface area (Å²) in [6.07, 6.45) is -1.17. The molecule has 9 heteroatoms. The summed E-state index contributed by atoms with van der Waals surface area (Å²) < 4.78 is 17.1. The molecule has 1 rings (SSSR count). The van der Waals surface area contributed by atoms with Gasteiger partial charge in [0.2, 0.25) is 7.37 Å². The Kier molecular flexibility index (Phi) is 5.28. The molecule has 0 spiro atoms. The number of rotatable bonds is 6. The van der Waals surface area contributed by atoms with Crippen LogP contribution in [-0.4, -0.2) is 70.2 Å². The zero-order chi connectivity index (χ0) is 13.8. The van der Waals surface area contributed by atoms with E-state index in [1.54, 1.807) is 4.90 Å². The molecule has 0 aromatic carbocycles. The molecule has 1 saturated heterocycles. The van der Waals surface area contributed by atoms with E-state index >= 15 is 0 Å². The minimum atomic E-state index is -4.09. The molecule has 3 N–H and O–H groups in total. The Morgan fingerprint density at radius 3 is 2.28 bits per heavy atom. The summed E-state index contributed by atoms with van der Waals surface area (Å²) in [5.41, 5.74) is -1.77. The monoisotopic (exact) mass is 281 g/mol. The number of morpholine rings is 1. The molecule has 0 aromatic rings. The van der Waals surface area contributed by atoms with E-state index in [2.05, 4.69) is 0 Å². The van der Waals surface area contributed by atoms with Gasteiger partial charge in [-0.2, -0.15) is 0 Å². The molecule has 0 saturated carbocycles. The second kappa shape index (κ2) is 6.29. The van der Waals surface area contributed by atoms with Gasteiger partial charge in [0.15, 0.2) is 0 Å². The van der Waals surface area contributed by atoms with Crippen LogP contribution < -0.4 is 0 Å². The average molecular weight is 281 g/mol. The van der Waals surface area contributed by atoms with Crippen molar-refractivity contribution in [3.8, 4) is 0 Å². The summed E-state index contributed by atoms with van der Waals surface area (Å²) in [5, 5.41) is 17.4. The van der Waals surface area contributed by atoms with Crippen molar-refractivity contribution < 1.29 is 34.0 Å². The Bertz CT molecular complexity index is 366. The standard InChI is InChI=1S/C9H16NO7P/c11-8(12)5-7(9(13)14)18(15,16)6-10-1-3-17-4-2-10/h7H,1-6H2,(H,11,12)(H,13,14)(H,15,16). The first-order valence-electron chi connectivity index (χ1n) is 5.39. The highest BCUT2D eigenvalue weighted by molar-refractivity contribution is 7.59. The lowest BCUT2D eigenvalue weighted by Crippen LogP contribution is -2.39. The van der Waals surface area contributed by atoms with E-state index < -0.39 is 31.4 Å².